The summed E-state index contributed by atoms with van der Waals surface area (Å²) >= 11 is 3.25. The number of hydrogen-bond acceptors (Lipinski definition) is 5. The smallest absolute Gasteiger partial charge is 0.320 e. The first-order chi connectivity index (χ1) is 10.5. The van der Waals surface area contributed by atoms with Crippen LogP contribution in [0.15, 0.2) is 39.5 Å². The van der Waals surface area contributed by atoms with Gasteiger partial charge in [-0.3, -0.25) is 4.98 Å². The molecule has 0 aliphatic heterocycles. The normalized spacial score (nSPS) is 10.7. The van der Waals surface area contributed by atoms with Gasteiger partial charge in [-0.15, -0.1) is 5.10 Å². The largest absolute Gasteiger partial charge is 0.403 e. The molecule has 3 aromatic rings. The highest BCUT2D eigenvalue weighted by atomic mass is 79.9. The highest BCUT2D eigenvalue weighted by Crippen LogP contribution is 2.26. The summed E-state index contributed by atoms with van der Waals surface area (Å²) in [7, 11) is 0. The zero-order valence-electron chi connectivity index (χ0n) is 10.6. The molecule has 0 aliphatic rings. The molecule has 0 atom stereocenters. The van der Waals surface area contributed by atoms with E-state index >= 15 is 0 Å². The van der Waals surface area contributed by atoms with E-state index < -0.39 is 17.5 Å². The van der Waals surface area contributed by atoms with Gasteiger partial charge in [0.15, 0.2) is 17.5 Å². The molecule has 5 nitrogen and oxygen atoms in total. The highest BCUT2D eigenvalue weighted by molar-refractivity contribution is 9.10. The van der Waals surface area contributed by atoms with Gasteiger partial charge in [0.25, 0.3) is 5.89 Å². The molecule has 0 saturated heterocycles. The number of anilines is 2. The first-order valence-electron chi connectivity index (χ1n) is 5.89. The van der Waals surface area contributed by atoms with Gasteiger partial charge in [0.05, 0.1) is 11.3 Å². The first-order valence-corrected chi connectivity index (χ1v) is 6.69. The number of benzene rings is 1. The lowest BCUT2D eigenvalue weighted by Crippen LogP contribution is -1.98. The maximum absolute atomic E-state index is 13.5. The minimum atomic E-state index is -1.58. The van der Waals surface area contributed by atoms with Crippen molar-refractivity contribution in [2.45, 2.75) is 0 Å². The Morgan fingerprint density at radius 1 is 1.05 bits per heavy atom. The van der Waals surface area contributed by atoms with Crippen LogP contribution in [0.2, 0.25) is 0 Å². The van der Waals surface area contributed by atoms with Gasteiger partial charge in [-0.1, -0.05) is 5.10 Å². The Morgan fingerprint density at radius 3 is 2.64 bits per heavy atom. The van der Waals surface area contributed by atoms with E-state index in [1.807, 2.05) is 0 Å². The molecule has 1 aromatic carbocycles. The fourth-order valence-corrected chi connectivity index (χ4v) is 2.02. The number of pyridine rings is 1. The summed E-state index contributed by atoms with van der Waals surface area (Å²) in [4.78, 5) is 3.94. The van der Waals surface area contributed by atoms with Crippen LogP contribution in [-0.4, -0.2) is 15.2 Å². The predicted octanol–water partition coefficient (Wildman–Crippen LogP) is 4.06. The molecule has 0 saturated carbocycles. The van der Waals surface area contributed by atoms with Crippen molar-refractivity contribution < 1.29 is 17.6 Å². The zero-order valence-corrected chi connectivity index (χ0v) is 12.2. The lowest BCUT2D eigenvalue weighted by Gasteiger charge is -2.03. The number of aromatic nitrogens is 3. The Morgan fingerprint density at radius 2 is 1.86 bits per heavy atom. The quantitative estimate of drug-likeness (QED) is 0.704. The van der Waals surface area contributed by atoms with Crippen molar-refractivity contribution in [3.63, 3.8) is 0 Å². The summed E-state index contributed by atoms with van der Waals surface area (Å²) < 4.78 is 45.5. The van der Waals surface area contributed by atoms with Crippen LogP contribution in [0.25, 0.3) is 11.5 Å². The van der Waals surface area contributed by atoms with Crippen LogP contribution in [0, 0.1) is 17.5 Å². The molecule has 2 heterocycles. The van der Waals surface area contributed by atoms with E-state index in [2.05, 4.69) is 36.4 Å². The Labute approximate surface area is 130 Å². The van der Waals surface area contributed by atoms with Gasteiger partial charge in [0.2, 0.25) is 0 Å². The molecule has 0 radical (unpaired) electrons. The van der Waals surface area contributed by atoms with Gasteiger partial charge >= 0.3 is 6.01 Å². The van der Waals surface area contributed by atoms with E-state index in [1.54, 1.807) is 12.3 Å². The van der Waals surface area contributed by atoms with Gasteiger partial charge < -0.3 is 9.73 Å². The van der Waals surface area contributed by atoms with Gasteiger partial charge in [-0.05, 0) is 34.1 Å². The second-order valence-electron chi connectivity index (χ2n) is 4.15. The third kappa shape index (κ3) is 2.80. The molecule has 0 spiro atoms. The molecule has 0 unspecified atom stereocenters. The predicted molar refractivity (Wildman–Crippen MR) is 74.8 cm³/mol. The van der Waals surface area contributed by atoms with Crippen molar-refractivity contribution in [3.8, 4) is 11.5 Å². The Bertz CT molecular complexity index is 840. The summed E-state index contributed by atoms with van der Waals surface area (Å²) in [5.41, 5.74) is 0.224. The van der Waals surface area contributed by atoms with E-state index in [9.17, 15) is 13.2 Å². The molecule has 0 bridgehead atoms. The summed E-state index contributed by atoms with van der Waals surface area (Å²) in [6.45, 7) is 0. The molecule has 1 N–H and O–H groups in total. The van der Waals surface area contributed by atoms with E-state index in [1.165, 1.54) is 6.20 Å². The second-order valence-corrected chi connectivity index (χ2v) is 5.07. The third-order valence-electron chi connectivity index (χ3n) is 2.65. The molecule has 9 heteroatoms. The monoisotopic (exact) mass is 370 g/mol. The average molecular weight is 371 g/mol. The number of nitrogens with zero attached hydrogens (tertiary/aromatic N) is 3. The van der Waals surface area contributed by atoms with E-state index in [-0.39, 0.29) is 17.6 Å². The van der Waals surface area contributed by atoms with Crippen LogP contribution in [0.4, 0.5) is 24.9 Å². The van der Waals surface area contributed by atoms with Crippen LogP contribution in [-0.2, 0) is 0 Å². The van der Waals surface area contributed by atoms with Crippen molar-refractivity contribution in [1.29, 1.82) is 0 Å². The van der Waals surface area contributed by atoms with Crippen molar-refractivity contribution >= 4 is 27.6 Å². The Hall–Kier alpha value is -2.42. The molecule has 0 aliphatic carbocycles. The molecular weight excluding hydrogens is 365 g/mol. The van der Waals surface area contributed by atoms with E-state index in [4.69, 9.17) is 4.42 Å². The van der Waals surface area contributed by atoms with Crippen molar-refractivity contribution in [1.82, 2.24) is 15.2 Å². The molecule has 2 aromatic heterocycles. The molecule has 22 heavy (non-hydrogen) atoms. The SMILES string of the molecule is Fc1ccc(Nc2nnc(-c3cncc(Br)c3)o2)c(F)c1F. The van der Waals surface area contributed by atoms with Gasteiger partial charge in [0, 0.05) is 16.9 Å². The lowest BCUT2D eigenvalue weighted by atomic mass is 10.3. The number of halogens is 4. The zero-order chi connectivity index (χ0) is 15.7. The van der Waals surface area contributed by atoms with Crippen LogP contribution < -0.4 is 5.32 Å². The Balaban J connectivity index is 1.88. The van der Waals surface area contributed by atoms with Crippen LogP contribution in [0.1, 0.15) is 0 Å². The maximum atomic E-state index is 13.5. The minimum absolute atomic E-state index is 0.138. The third-order valence-corrected chi connectivity index (χ3v) is 3.09. The Kier molecular flexibility index (Phi) is 3.80. The minimum Gasteiger partial charge on any atom is -0.403 e. The van der Waals surface area contributed by atoms with Gasteiger partial charge in [0.1, 0.15) is 0 Å². The van der Waals surface area contributed by atoms with E-state index in [0.717, 1.165) is 12.1 Å². The fourth-order valence-electron chi connectivity index (χ4n) is 1.66. The van der Waals surface area contributed by atoms with Crippen molar-refractivity contribution in [2.24, 2.45) is 0 Å². The molecule has 3 rings (SSSR count). The molecule has 112 valence electrons. The lowest BCUT2D eigenvalue weighted by molar-refractivity contribution is 0.449. The van der Waals surface area contributed by atoms with Gasteiger partial charge in [-0.25, -0.2) is 13.2 Å². The average Bonchev–Trinajstić information content (AvgIpc) is 2.97. The molecular formula is C13H6BrF3N4O. The summed E-state index contributed by atoms with van der Waals surface area (Å²) in [5, 5.41) is 9.81. The summed E-state index contributed by atoms with van der Waals surface area (Å²) in [5.74, 6) is -4.10. The van der Waals surface area contributed by atoms with E-state index in [0.29, 0.717) is 10.0 Å². The molecule has 0 amide bonds. The van der Waals surface area contributed by atoms with Crippen LogP contribution in [0.3, 0.4) is 0 Å². The standard InChI is InChI=1S/C13H6BrF3N4O/c14-7-3-6(4-18-5-7)12-20-21-13(22-12)19-9-2-1-8(15)10(16)11(9)17/h1-5H,(H,19,21). The fraction of sp³-hybridized carbons (Fsp3) is 0. The molecule has 0 fully saturated rings. The highest BCUT2D eigenvalue weighted by Gasteiger charge is 2.16. The summed E-state index contributed by atoms with van der Waals surface area (Å²) in [6.07, 6.45) is 3.08. The van der Waals surface area contributed by atoms with Crippen LogP contribution >= 0.6 is 15.9 Å². The maximum Gasteiger partial charge on any atom is 0.320 e. The topological polar surface area (TPSA) is 63.8 Å². The first kappa shape index (κ1) is 14.5. The van der Waals surface area contributed by atoms with Crippen molar-refractivity contribution in [2.75, 3.05) is 5.32 Å². The number of rotatable bonds is 3. The number of nitrogens with one attached hydrogen (secondary N) is 1. The van der Waals surface area contributed by atoms with Gasteiger partial charge in [-0.2, -0.15) is 0 Å². The van der Waals surface area contributed by atoms with Crippen molar-refractivity contribution in [3.05, 3.63) is 52.5 Å². The summed E-state index contributed by atoms with van der Waals surface area (Å²) in [6, 6.07) is 3.34. The van der Waals surface area contributed by atoms with Crippen LogP contribution in [0.5, 0.6) is 0 Å². The second kappa shape index (κ2) is 5.76. The number of hydrogen-bond donors (Lipinski definition) is 1.